The first-order chi connectivity index (χ1) is 10.3. The fourth-order valence-corrected chi connectivity index (χ4v) is 3.91. The summed E-state index contributed by atoms with van der Waals surface area (Å²) in [6.07, 6.45) is 6.62. The third-order valence-corrected chi connectivity index (χ3v) is 5.07. The number of hydrogen-bond acceptors (Lipinski definition) is 3. The van der Waals surface area contributed by atoms with Crippen molar-refractivity contribution in [3.63, 3.8) is 0 Å². The van der Waals surface area contributed by atoms with Gasteiger partial charge in [-0.2, -0.15) is 0 Å². The van der Waals surface area contributed by atoms with Crippen LogP contribution in [0.1, 0.15) is 36.8 Å². The average Bonchev–Trinajstić information content (AvgIpc) is 2.50. The summed E-state index contributed by atoms with van der Waals surface area (Å²) in [6.45, 7) is 4.68. The number of nitrogens with one attached hydrogen (secondary N) is 1. The number of aryl methyl sites for hydroxylation is 1. The van der Waals surface area contributed by atoms with Crippen LogP contribution >= 0.6 is 0 Å². The number of likely N-dealkylation sites (N-methyl/N-ethyl adjacent to an activating group) is 1. The maximum absolute atomic E-state index is 3.36. The molecule has 0 saturated carbocycles. The van der Waals surface area contributed by atoms with Gasteiger partial charge in [-0.25, -0.2) is 0 Å². The molecule has 2 aliphatic rings. The third kappa shape index (κ3) is 3.41. The van der Waals surface area contributed by atoms with E-state index in [1.807, 2.05) is 0 Å². The number of likely N-dealkylation sites (tertiary alicyclic amines) is 1. The minimum Gasteiger partial charge on any atom is -0.374 e. The molecule has 0 spiro atoms. The van der Waals surface area contributed by atoms with E-state index < -0.39 is 0 Å². The van der Waals surface area contributed by atoms with Crippen molar-refractivity contribution in [2.24, 2.45) is 0 Å². The average molecular weight is 287 g/mol. The van der Waals surface area contributed by atoms with Crippen LogP contribution in [0.5, 0.6) is 0 Å². The molecule has 1 aromatic rings. The number of piperidine rings is 1. The molecule has 1 aromatic carbocycles. The summed E-state index contributed by atoms with van der Waals surface area (Å²) in [7, 11) is 4.28. The molecular formula is C18H29N3. The molecule has 3 rings (SSSR count). The van der Waals surface area contributed by atoms with Crippen LogP contribution in [0, 0.1) is 0 Å². The Morgan fingerprint density at radius 1 is 1.19 bits per heavy atom. The second-order valence-electron chi connectivity index (χ2n) is 6.67. The van der Waals surface area contributed by atoms with Gasteiger partial charge in [0.2, 0.25) is 0 Å². The monoisotopic (exact) mass is 287 g/mol. The Labute approximate surface area is 129 Å². The van der Waals surface area contributed by atoms with E-state index in [2.05, 4.69) is 47.4 Å². The lowest BCUT2D eigenvalue weighted by Crippen LogP contribution is -2.44. The van der Waals surface area contributed by atoms with Gasteiger partial charge in [-0.15, -0.1) is 0 Å². The largest absolute Gasteiger partial charge is 0.374 e. The molecule has 1 unspecified atom stereocenters. The summed E-state index contributed by atoms with van der Waals surface area (Å²) in [4.78, 5) is 5.07. The second-order valence-corrected chi connectivity index (χ2v) is 6.67. The van der Waals surface area contributed by atoms with E-state index in [-0.39, 0.29) is 0 Å². The van der Waals surface area contributed by atoms with Gasteiger partial charge in [0.05, 0.1) is 0 Å². The van der Waals surface area contributed by atoms with E-state index >= 15 is 0 Å². The summed E-state index contributed by atoms with van der Waals surface area (Å²) < 4.78 is 0. The van der Waals surface area contributed by atoms with Gasteiger partial charge in [0, 0.05) is 38.4 Å². The summed E-state index contributed by atoms with van der Waals surface area (Å²) in [5.41, 5.74) is 4.48. The van der Waals surface area contributed by atoms with E-state index in [4.69, 9.17) is 0 Å². The topological polar surface area (TPSA) is 18.5 Å². The molecule has 116 valence electrons. The molecule has 1 N–H and O–H groups in total. The molecule has 0 amide bonds. The second kappa shape index (κ2) is 6.80. The van der Waals surface area contributed by atoms with Crippen molar-refractivity contribution in [3.05, 3.63) is 29.3 Å². The number of benzene rings is 1. The van der Waals surface area contributed by atoms with Crippen LogP contribution in [-0.4, -0.2) is 44.7 Å². The summed E-state index contributed by atoms with van der Waals surface area (Å²) in [6, 6.07) is 7.84. The van der Waals surface area contributed by atoms with Crippen molar-refractivity contribution in [3.8, 4) is 0 Å². The molecule has 3 heteroatoms. The number of nitrogens with zero attached hydrogens (tertiary/aromatic N) is 2. The highest BCUT2D eigenvalue weighted by molar-refractivity contribution is 5.56. The normalized spacial score (nSPS) is 23.1. The first kappa shape index (κ1) is 14.9. The van der Waals surface area contributed by atoms with Crippen molar-refractivity contribution in [1.82, 2.24) is 10.2 Å². The Bertz CT molecular complexity index is 470. The highest BCUT2D eigenvalue weighted by Gasteiger charge is 2.22. The molecule has 3 nitrogen and oxygen atoms in total. The zero-order chi connectivity index (χ0) is 14.7. The van der Waals surface area contributed by atoms with Crippen LogP contribution in [0.2, 0.25) is 0 Å². The number of rotatable bonds is 4. The Balaban J connectivity index is 1.72. The fourth-order valence-electron chi connectivity index (χ4n) is 3.91. The van der Waals surface area contributed by atoms with Crippen LogP contribution < -0.4 is 10.2 Å². The van der Waals surface area contributed by atoms with E-state index in [1.54, 1.807) is 5.56 Å². The number of anilines is 1. The van der Waals surface area contributed by atoms with Gasteiger partial charge in [0.25, 0.3) is 0 Å². The predicted octanol–water partition coefficient (Wildman–Crippen LogP) is 2.64. The lowest BCUT2D eigenvalue weighted by atomic mass is 9.97. The van der Waals surface area contributed by atoms with Crippen LogP contribution in [0.25, 0.3) is 0 Å². The first-order valence-corrected chi connectivity index (χ1v) is 8.49. The third-order valence-electron chi connectivity index (χ3n) is 5.07. The summed E-state index contributed by atoms with van der Waals surface area (Å²) in [5, 5.41) is 3.36. The Morgan fingerprint density at radius 3 is 2.95 bits per heavy atom. The minimum absolute atomic E-state index is 0.711. The summed E-state index contributed by atoms with van der Waals surface area (Å²) in [5.74, 6) is 0. The van der Waals surface area contributed by atoms with E-state index in [0.717, 1.165) is 13.1 Å². The van der Waals surface area contributed by atoms with Gasteiger partial charge >= 0.3 is 0 Å². The van der Waals surface area contributed by atoms with Gasteiger partial charge in [0.1, 0.15) is 0 Å². The van der Waals surface area contributed by atoms with Crippen LogP contribution in [-0.2, 0) is 13.0 Å². The lowest BCUT2D eigenvalue weighted by Gasteiger charge is -2.36. The van der Waals surface area contributed by atoms with Crippen molar-refractivity contribution in [2.45, 2.75) is 44.7 Å². The lowest BCUT2D eigenvalue weighted by molar-refractivity contribution is 0.139. The molecule has 0 aliphatic carbocycles. The molecule has 2 aliphatic heterocycles. The molecular weight excluding hydrogens is 258 g/mol. The quantitative estimate of drug-likeness (QED) is 0.918. The zero-order valence-electron chi connectivity index (χ0n) is 13.6. The smallest absolute Gasteiger partial charge is 0.0396 e. The zero-order valence-corrected chi connectivity index (χ0v) is 13.6. The number of hydrogen-bond donors (Lipinski definition) is 1. The maximum atomic E-state index is 3.36. The van der Waals surface area contributed by atoms with Crippen LogP contribution in [0.4, 0.5) is 5.69 Å². The molecule has 2 heterocycles. The molecule has 0 bridgehead atoms. The van der Waals surface area contributed by atoms with Crippen molar-refractivity contribution in [2.75, 3.05) is 38.6 Å². The van der Waals surface area contributed by atoms with E-state index in [1.165, 1.54) is 56.4 Å². The van der Waals surface area contributed by atoms with Gasteiger partial charge < -0.3 is 10.2 Å². The molecule has 0 radical (unpaired) electrons. The van der Waals surface area contributed by atoms with Crippen molar-refractivity contribution >= 4 is 5.69 Å². The first-order valence-electron chi connectivity index (χ1n) is 8.49. The van der Waals surface area contributed by atoms with E-state index in [9.17, 15) is 0 Å². The fraction of sp³-hybridized carbons (Fsp3) is 0.667. The minimum atomic E-state index is 0.711. The standard InChI is InChI=1S/C18H29N3/c1-19-13-17-7-3-4-11-21(17)14-15-8-9-18-16(12-15)6-5-10-20(18)2/h8-9,12,17,19H,3-7,10-11,13-14H2,1-2H3. The number of fused-ring (bicyclic) bond motifs is 1. The van der Waals surface area contributed by atoms with Gasteiger partial charge in [-0.05, 0) is 56.5 Å². The van der Waals surface area contributed by atoms with E-state index in [0.29, 0.717) is 6.04 Å². The Hall–Kier alpha value is -1.06. The predicted molar refractivity (Wildman–Crippen MR) is 90.0 cm³/mol. The van der Waals surface area contributed by atoms with Crippen molar-refractivity contribution in [1.29, 1.82) is 0 Å². The SMILES string of the molecule is CNCC1CCCCN1Cc1ccc2c(c1)CCCN2C. The van der Waals surface area contributed by atoms with Crippen LogP contribution in [0.15, 0.2) is 18.2 Å². The van der Waals surface area contributed by atoms with Crippen molar-refractivity contribution < 1.29 is 0 Å². The maximum Gasteiger partial charge on any atom is 0.0396 e. The van der Waals surface area contributed by atoms with Gasteiger partial charge in [0.15, 0.2) is 0 Å². The highest BCUT2D eigenvalue weighted by Crippen LogP contribution is 2.28. The Morgan fingerprint density at radius 2 is 2.10 bits per heavy atom. The highest BCUT2D eigenvalue weighted by atomic mass is 15.2. The molecule has 1 atom stereocenters. The Kier molecular flexibility index (Phi) is 4.81. The van der Waals surface area contributed by atoms with Gasteiger partial charge in [-0.3, -0.25) is 4.90 Å². The molecule has 0 aromatic heterocycles. The molecule has 1 saturated heterocycles. The molecule has 21 heavy (non-hydrogen) atoms. The molecule has 1 fully saturated rings. The van der Waals surface area contributed by atoms with Gasteiger partial charge in [-0.1, -0.05) is 18.6 Å². The van der Waals surface area contributed by atoms with Crippen LogP contribution in [0.3, 0.4) is 0 Å². The summed E-state index contributed by atoms with van der Waals surface area (Å²) >= 11 is 0.